The summed E-state index contributed by atoms with van der Waals surface area (Å²) < 4.78 is 11.3. The molecule has 2 aliphatic heterocycles. The van der Waals surface area contributed by atoms with Gasteiger partial charge in [0.05, 0.1) is 23.2 Å². The van der Waals surface area contributed by atoms with Crippen LogP contribution in [0.15, 0.2) is 30.3 Å². The summed E-state index contributed by atoms with van der Waals surface area (Å²) in [7, 11) is 0. The third-order valence-electron chi connectivity index (χ3n) is 6.60. The Hall–Kier alpha value is -3.40. The lowest BCUT2D eigenvalue weighted by Gasteiger charge is -2.33. The fraction of sp³-hybridized carbons (Fsp3) is 0.520. The van der Waals surface area contributed by atoms with E-state index in [9.17, 15) is 14.9 Å². The predicted octanol–water partition coefficient (Wildman–Crippen LogP) is 4.61. The van der Waals surface area contributed by atoms with Gasteiger partial charge < -0.3 is 25.0 Å². The number of hydrogen-bond acceptors (Lipinski definition) is 8. The second kappa shape index (κ2) is 8.99. The number of nitrogens with zero attached hydrogens (tertiary/aromatic N) is 3. The van der Waals surface area contributed by atoms with E-state index in [2.05, 4.69) is 20.5 Å². The number of nitro groups is 1. The van der Waals surface area contributed by atoms with Gasteiger partial charge in [0.25, 0.3) is 0 Å². The molecule has 1 aromatic heterocycles. The Morgan fingerprint density at radius 2 is 1.91 bits per heavy atom. The first-order chi connectivity index (χ1) is 16.6. The van der Waals surface area contributed by atoms with E-state index < -0.39 is 16.6 Å². The highest BCUT2D eigenvalue weighted by atomic mass is 16.6. The third kappa shape index (κ3) is 5.17. The van der Waals surface area contributed by atoms with Gasteiger partial charge in [-0.1, -0.05) is 6.07 Å². The van der Waals surface area contributed by atoms with Crippen LogP contribution < -0.4 is 15.5 Å². The highest BCUT2D eigenvalue weighted by molar-refractivity contribution is 5.71. The van der Waals surface area contributed by atoms with Gasteiger partial charge in [0.2, 0.25) is 5.82 Å². The number of pyridine rings is 1. The van der Waals surface area contributed by atoms with Crippen LogP contribution in [-0.2, 0) is 15.9 Å². The van der Waals surface area contributed by atoms with Gasteiger partial charge in [-0.05, 0) is 75.8 Å². The second-order valence-corrected chi connectivity index (χ2v) is 10.4. The minimum absolute atomic E-state index is 0.0741. The molecule has 1 amide bonds. The molecule has 3 atom stereocenters. The fourth-order valence-corrected chi connectivity index (χ4v) is 5.09. The molecule has 186 valence electrons. The van der Waals surface area contributed by atoms with Crippen molar-refractivity contribution in [3.05, 3.63) is 51.6 Å². The molecule has 3 aliphatic rings. The average molecular weight is 482 g/mol. The third-order valence-corrected chi connectivity index (χ3v) is 6.60. The number of rotatable bonds is 5. The quantitative estimate of drug-likeness (QED) is 0.469. The predicted molar refractivity (Wildman–Crippen MR) is 131 cm³/mol. The zero-order valence-electron chi connectivity index (χ0n) is 20.2. The molecule has 5 rings (SSSR count). The lowest BCUT2D eigenvalue weighted by Crippen LogP contribution is -2.43. The molecule has 1 aromatic carbocycles. The van der Waals surface area contributed by atoms with Crippen LogP contribution in [0.3, 0.4) is 0 Å². The summed E-state index contributed by atoms with van der Waals surface area (Å²) in [5, 5.41) is 17.8. The number of alkyl carbamates (subject to hydrolysis) is 1. The topological polar surface area (TPSA) is 119 Å². The number of fused-ring (bicyclic) bond motifs is 3. The van der Waals surface area contributed by atoms with E-state index in [1.165, 1.54) is 6.07 Å². The van der Waals surface area contributed by atoms with E-state index in [4.69, 9.17) is 9.47 Å². The number of aromatic nitrogens is 1. The molecule has 0 spiro atoms. The molecule has 0 saturated carbocycles. The summed E-state index contributed by atoms with van der Waals surface area (Å²) in [5.41, 5.74) is 2.20. The normalized spacial score (nSPS) is 23.1. The molecule has 2 saturated heterocycles. The van der Waals surface area contributed by atoms with Crippen molar-refractivity contribution in [3.8, 4) is 0 Å². The van der Waals surface area contributed by atoms with Crippen molar-refractivity contribution < 1.29 is 19.2 Å². The summed E-state index contributed by atoms with van der Waals surface area (Å²) >= 11 is 0. The molecule has 2 fully saturated rings. The number of nitrogens with one attached hydrogen (secondary N) is 2. The van der Waals surface area contributed by atoms with Crippen molar-refractivity contribution in [1.29, 1.82) is 0 Å². The Labute approximate surface area is 204 Å². The number of carbonyl (C=O) groups excluding carboxylic acids is 1. The molecule has 0 radical (unpaired) electrons. The molecular weight excluding hydrogens is 450 g/mol. The maximum atomic E-state index is 12.2. The number of anilines is 3. The molecule has 10 heteroatoms. The van der Waals surface area contributed by atoms with Gasteiger partial charge in [0.1, 0.15) is 11.4 Å². The van der Waals surface area contributed by atoms with Crippen LogP contribution in [0.25, 0.3) is 0 Å². The van der Waals surface area contributed by atoms with Crippen molar-refractivity contribution in [2.45, 2.75) is 70.3 Å². The van der Waals surface area contributed by atoms with Crippen LogP contribution >= 0.6 is 0 Å². The molecule has 10 nitrogen and oxygen atoms in total. The fourth-order valence-electron chi connectivity index (χ4n) is 5.09. The molecule has 3 heterocycles. The summed E-state index contributed by atoms with van der Waals surface area (Å²) in [6.45, 7) is 6.98. The Morgan fingerprint density at radius 1 is 1.17 bits per heavy atom. The summed E-state index contributed by atoms with van der Waals surface area (Å²) in [4.78, 5) is 30.3. The van der Waals surface area contributed by atoms with Crippen LogP contribution in [0.1, 0.15) is 57.2 Å². The number of amides is 1. The van der Waals surface area contributed by atoms with Gasteiger partial charge in [-0.2, -0.15) is 0 Å². The second-order valence-electron chi connectivity index (χ2n) is 10.4. The molecule has 2 aromatic rings. The minimum Gasteiger partial charge on any atom is -0.444 e. The van der Waals surface area contributed by atoms with E-state index in [-0.39, 0.29) is 29.8 Å². The van der Waals surface area contributed by atoms with Crippen LogP contribution in [-0.4, -0.2) is 46.9 Å². The maximum absolute atomic E-state index is 12.2. The molecular formula is C25H31N5O5. The van der Waals surface area contributed by atoms with Crippen molar-refractivity contribution >= 4 is 29.1 Å². The van der Waals surface area contributed by atoms with E-state index in [1.54, 1.807) is 6.07 Å². The first kappa shape index (κ1) is 23.3. The number of ether oxygens (including phenoxy) is 2. The molecule has 2 bridgehead atoms. The van der Waals surface area contributed by atoms with Crippen LogP contribution in [0.5, 0.6) is 0 Å². The average Bonchev–Trinajstić information content (AvgIpc) is 3.33. The van der Waals surface area contributed by atoms with E-state index >= 15 is 0 Å². The maximum Gasteiger partial charge on any atom is 0.408 e. The van der Waals surface area contributed by atoms with Gasteiger partial charge in [0.15, 0.2) is 0 Å². The van der Waals surface area contributed by atoms with Gasteiger partial charge in [-0.25, -0.2) is 9.78 Å². The number of hydrogen-bond donors (Lipinski definition) is 2. The van der Waals surface area contributed by atoms with Crippen molar-refractivity contribution in [3.63, 3.8) is 0 Å². The molecule has 35 heavy (non-hydrogen) atoms. The van der Waals surface area contributed by atoms with Gasteiger partial charge >= 0.3 is 11.8 Å². The summed E-state index contributed by atoms with van der Waals surface area (Å²) in [6.07, 6.45) is 3.59. The Morgan fingerprint density at radius 3 is 2.60 bits per heavy atom. The largest absolute Gasteiger partial charge is 0.444 e. The van der Waals surface area contributed by atoms with E-state index in [0.29, 0.717) is 5.82 Å². The first-order valence-corrected chi connectivity index (χ1v) is 12.1. The monoisotopic (exact) mass is 481 g/mol. The van der Waals surface area contributed by atoms with Crippen LogP contribution in [0.2, 0.25) is 0 Å². The zero-order valence-corrected chi connectivity index (χ0v) is 20.2. The number of carbonyl (C=O) groups is 1. The van der Waals surface area contributed by atoms with Crippen molar-refractivity contribution in [2.75, 3.05) is 23.3 Å². The minimum atomic E-state index is -0.559. The van der Waals surface area contributed by atoms with Gasteiger partial charge in [-0.3, -0.25) is 10.1 Å². The smallest absolute Gasteiger partial charge is 0.408 e. The van der Waals surface area contributed by atoms with E-state index in [0.717, 1.165) is 55.6 Å². The zero-order chi connectivity index (χ0) is 24.7. The lowest BCUT2D eigenvalue weighted by atomic mass is 10.1. The van der Waals surface area contributed by atoms with Crippen LogP contribution in [0.4, 0.5) is 27.8 Å². The first-order valence-electron chi connectivity index (χ1n) is 12.1. The van der Waals surface area contributed by atoms with Crippen molar-refractivity contribution in [2.24, 2.45) is 0 Å². The van der Waals surface area contributed by atoms with Crippen molar-refractivity contribution in [1.82, 2.24) is 10.3 Å². The molecule has 2 N–H and O–H groups in total. The Balaban J connectivity index is 1.33. The summed E-state index contributed by atoms with van der Waals surface area (Å²) in [5.74, 6) is 0.925. The standard InChI is InChI=1S/C25H31N5O5/c1-25(2,3)35-24(31)27-20-9-4-15-12-16(5-8-19(15)20)26-23-21(30(32)33)10-11-22(28-23)29-13-17-6-7-18(14-29)34-17/h5,8,10-12,17-18,20H,4,6-7,9,13-14H2,1-3H3,(H,26,28)(H,27,31)/t17?,18?,20-/m0/s1. The van der Waals surface area contributed by atoms with Gasteiger partial charge in [-0.15, -0.1) is 0 Å². The Bertz CT molecular complexity index is 1140. The highest BCUT2D eigenvalue weighted by Gasteiger charge is 2.35. The Kier molecular flexibility index (Phi) is 6.00. The summed E-state index contributed by atoms with van der Waals surface area (Å²) in [6, 6.07) is 8.88. The lowest BCUT2D eigenvalue weighted by molar-refractivity contribution is -0.384. The number of benzene rings is 1. The highest BCUT2D eigenvalue weighted by Crippen LogP contribution is 2.36. The number of aryl methyl sites for hydroxylation is 1. The molecule has 1 aliphatic carbocycles. The number of morpholine rings is 1. The molecule has 2 unspecified atom stereocenters. The SMILES string of the molecule is CC(C)(C)OC(=O)N[C@H]1CCc2cc(Nc3nc(N4CC5CCC(C4)O5)ccc3[N+](=O)[O-])ccc21. The van der Waals surface area contributed by atoms with Crippen LogP contribution in [0, 0.1) is 10.1 Å². The van der Waals surface area contributed by atoms with E-state index in [1.807, 2.05) is 39.0 Å². The van der Waals surface area contributed by atoms with Gasteiger partial charge in [0, 0.05) is 24.8 Å².